The molecule has 2 amide bonds. The third-order valence-electron chi connectivity index (χ3n) is 4.67. The Morgan fingerprint density at radius 3 is 2.65 bits per heavy atom. The molecule has 136 valence electrons. The second-order valence-electron chi connectivity index (χ2n) is 6.62. The van der Waals surface area contributed by atoms with Gasteiger partial charge in [0.05, 0.1) is 12.3 Å². The zero-order valence-corrected chi connectivity index (χ0v) is 14.8. The first-order valence-electron chi connectivity index (χ1n) is 8.70. The van der Waals surface area contributed by atoms with Crippen LogP contribution in [0.4, 0.5) is 4.39 Å². The number of hydrogen-bond acceptors (Lipinski definition) is 3. The highest BCUT2D eigenvalue weighted by Crippen LogP contribution is 2.16. The van der Waals surface area contributed by atoms with Crippen LogP contribution in [0.5, 0.6) is 0 Å². The van der Waals surface area contributed by atoms with E-state index in [-0.39, 0.29) is 30.0 Å². The molecule has 0 saturated carbocycles. The predicted molar refractivity (Wildman–Crippen MR) is 95.8 cm³/mol. The number of nitrogens with zero attached hydrogens (tertiary/aromatic N) is 3. The van der Waals surface area contributed by atoms with Crippen molar-refractivity contribution < 1.29 is 14.0 Å². The first-order valence-corrected chi connectivity index (χ1v) is 8.70. The molecule has 1 aliphatic heterocycles. The molecule has 1 saturated heterocycles. The van der Waals surface area contributed by atoms with Gasteiger partial charge in [0.25, 0.3) is 0 Å². The predicted octanol–water partition coefficient (Wildman–Crippen LogP) is 1.92. The molecule has 0 aliphatic carbocycles. The molecule has 0 bridgehead atoms. The van der Waals surface area contributed by atoms with Gasteiger partial charge in [-0.15, -0.1) is 0 Å². The van der Waals surface area contributed by atoms with Gasteiger partial charge in [0.2, 0.25) is 11.8 Å². The molecule has 0 spiro atoms. The Balaban J connectivity index is 1.71. The number of halogens is 1. The van der Waals surface area contributed by atoms with Gasteiger partial charge in [-0.1, -0.05) is 18.2 Å². The highest BCUT2D eigenvalue weighted by molar-refractivity contribution is 5.83. The summed E-state index contributed by atoms with van der Waals surface area (Å²) in [6.07, 6.45) is 2.41. The Hall–Kier alpha value is -2.76. The van der Waals surface area contributed by atoms with Crippen LogP contribution in [-0.2, 0) is 22.4 Å². The van der Waals surface area contributed by atoms with Crippen LogP contribution < -0.4 is 0 Å². The van der Waals surface area contributed by atoms with Crippen molar-refractivity contribution in [3.63, 3.8) is 0 Å². The van der Waals surface area contributed by atoms with Crippen molar-refractivity contribution in [3.05, 3.63) is 65.7 Å². The molecular weight excluding hydrogens is 333 g/mol. The number of carbonyl (C=O) groups is 2. The molecule has 1 aliphatic rings. The van der Waals surface area contributed by atoms with E-state index in [1.807, 2.05) is 18.2 Å². The van der Waals surface area contributed by atoms with Crippen molar-refractivity contribution >= 4 is 11.8 Å². The lowest BCUT2D eigenvalue weighted by molar-refractivity contribution is -0.133. The molecule has 0 unspecified atom stereocenters. The Morgan fingerprint density at radius 2 is 1.96 bits per heavy atom. The monoisotopic (exact) mass is 355 g/mol. The number of carbonyl (C=O) groups excluding carboxylic acids is 2. The normalized spacial score (nSPS) is 17.9. The maximum atomic E-state index is 13.0. The van der Waals surface area contributed by atoms with Crippen molar-refractivity contribution in [2.45, 2.75) is 12.8 Å². The number of benzene rings is 1. The van der Waals surface area contributed by atoms with Crippen molar-refractivity contribution in [1.29, 1.82) is 0 Å². The third kappa shape index (κ3) is 4.45. The van der Waals surface area contributed by atoms with Crippen LogP contribution in [0.15, 0.2) is 48.7 Å². The summed E-state index contributed by atoms with van der Waals surface area (Å²) >= 11 is 0. The zero-order valence-electron chi connectivity index (χ0n) is 14.8. The minimum Gasteiger partial charge on any atom is -0.344 e. The number of likely N-dealkylation sites (N-methyl/N-ethyl adjacent to an activating group) is 1. The topological polar surface area (TPSA) is 53.5 Å². The molecule has 1 atom stereocenters. The molecule has 0 N–H and O–H groups in total. The van der Waals surface area contributed by atoms with Crippen molar-refractivity contribution in [2.75, 3.05) is 26.7 Å². The van der Waals surface area contributed by atoms with Gasteiger partial charge in [-0.3, -0.25) is 14.6 Å². The number of rotatable bonds is 4. The summed E-state index contributed by atoms with van der Waals surface area (Å²) in [6.45, 7) is 1.38. The van der Waals surface area contributed by atoms with Crippen LogP contribution in [0.2, 0.25) is 0 Å². The van der Waals surface area contributed by atoms with Gasteiger partial charge in [0.1, 0.15) is 5.82 Å². The van der Waals surface area contributed by atoms with E-state index in [0.29, 0.717) is 26.1 Å². The standard InChI is InChI=1S/C20H22FN3O2/c1-23-10-11-24(19(25)12-15-5-7-17(21)8-6-15)14-16(20(23)26)13-18-4-2-3-9-22-18/h2-9,16H,10-14H2,1H3/t16-/m1/s1. The van der Waals surface area contributed by atoms with Crippen LogP contribution in [0.1, 0.15) is 11.3 Å². The summed E-state index contributed by atoms with van der Waals surface area (Å²) in [4.78, 5) is 33.0. The molecule has 1 fully saturated rings. The number of pyridine rings is 1. The molecule has 0 radical (unpaired) electrons. The van der Waals surface area contributed by atoms with E-state index in [1.54, 1.807) is 35.2 Å². The highest BCUT2D eigenvalue weighted by atomic mass is 19.1. The van der Waals surface area contributed by atoms with Gasteiger partial charge in [-0.25, -0.2) is 4.39 Å². The van der Waals surface area contributed by atoms with Crippen molar-refractivity contribution in [2.24, 2.45) is 5.92 Å². The van der Waals surface area contributed by atoms with Crippen molar-refractivity contribution in [3.8, 4) is 0 Å². The molecule has 2 heterocycles. The first kappa shape index (κ1) is 18.0. The Morgan fingerprint density at radius 1 is 1.19 bits per heavy atom. The van der Waals surface area contributed by atoms with Gasteiger partial charge in [-0.2, -0.15) is 0 Å². The molecule has 1 aromatic carbocycles. The second kappa shape index (κ2) is 8.08. The summed E-state index contributed by atoms with van der Waals surface area (Å²) in [7, 11) is 1.77. The number of aromatic nitrogens is 1. The van der Waals surface area contributed by atoms with Gasteiger partial charge < -0.3 is 9.80 Å². The minimum atomic E-state index is -0.321. The lowest BCUT2D eigenvalue weighted by Crippen LogP contribution is -2.38. The van der Waals surface area contributed by atoms with E-state index in [9.17, 15) is 14.0 Å². The minimum absolute atomic E-state index is 0.0349. The summed E-state index contributed by atoms with van der Waals surface area (Å²) < 4.78 is 13.0. The molecular formula is C20H22FN3O2. The van der Waals surface area contributed by atoms with Gasteiger partial charge in [0, 0.05) is 45.0 Å². The van der Waals surface area contributed by atoms with E-state index in [2.05, 4.69) is 4.98 Å². The molecule has 3 rings (SSSR count). The van der Waals surface area contributed by atoms with E-state index < -0.39 is 0 Å². The van der Waals surface area contributed by atoms with E-state index in [1.165, 1.54) is 12.1 Å². The fraction of sp³-hybridized carbons (Fsp3) is 0.350. The second-order valence-corrected chi connectivity index (χ2v) is 6.62. The Bertz CT molecular complexity index is 764. The average molecular weight is 355 g/mol. The summed E-state index contributed by atoms with van der Waals surface area (Å²) in [5.41, 5.74) is 1.61. The van der Waals surface area contributed by atoms with Crippen LogP contribution in [-0.4, -0.2) is 53.3 Å². The van der Waals surface area contributed by atoms with Gasteiger partial charge >= 0.3 is 0 Å². The summed E-state index contributed by atoms with van der Waals surface area (Å²) in [5.74, 6) is -0.647. The van der Waals surface area contributed by atoms with Gasteiger partial charge in [-0.05, 0) is 29.8 Å². The third-order valence-corrected chi connectivity index (χ3v) is 4.67. The lowest BCUT2D eigenvalue weighted by Gasteiger charge is -2.23. The quantitative estimate of drug-likeness (QED) is 0.842. The highest BCUT2D eigenvalue weighted by Gasteiger charge is 2.30. The molecule has 2 aromatic rings. The van der Waals surface area contributed by atoms with Gasteiger partial charge in [0.15, 0.2) is 0 Å². The van der Waals surface area contributed by atoms with Crippen LogP contribution in [0.3, 0.4) is 0 Å². The maximum Gasteiger partial charge on any atom is 0.227 e. The number of hydrogen-bond donors (Lipinski definition) is 0. The fourth-order valence-electron chi connectivity index (χ4n) is 3.17. The largest absolute Gasteiger partial charge is 0.344 e. The van der Waals surface area contributed by atoms with E-state index >= 15 is 0 Å². The van der Waals surface area contributed by atoms with Crippen LogP contribution in [0, 0.1) is 11.7 Å². The zero-order chi connectivity index (χ0) is 18.5. The molecule has 26 heavy (non-hydrogen) atoms. The Kier molecular flexibility index (Phi) is 5.61. The molecule has 1 aromatic heterocycles. The maximum absolute atomic E-state index is 13.0. The van der Waals surface area contributed by atoms with Crippen molar-refractivity contribution in [1.82, 2.24) is 14.8 Å². The smallest absolute Gasteiger partial charge is 0.227 e. The molecule has 5 nitrogen and oxygen atoms in total. The molecule has 6 heteroatoms. The van der Waals surface area contributed by atoms with E-state index in [4.69, 9.17) is 0 Å². The van der Waals surface area contributed by atoms with Crippen LogP contribution >= 0.6 is 0 Å². The fourth-order valence-corrected chi connectivity index (χ4v) is 3.17. The SMILES string of the molecule is CN1CCN(C(=O)Cc2ccc(F)cc2)C[C@@H](Cc2ccccn2)C1=O. The number of amides is 2. The average Bonchev–Trinajstić information content (AvgIpc) is 2.78. The lowest BCUT2D eigenvalue weighted by atomic mass is 10.0. The summed E-state index contributed by atoms with van der Waals surface area (Å²) in [5, 5.41) is 0. The van der Waals surface area contributed by atoms with Crippen LogP contribution in [0.25, 0.3) is 0 Å². The van der Waals surface area contributed by atoms with E-state index in [0.717, 1.165) is 11.3 Å². The summed E-state index contributed by atoms with van der Waals surface area (Å²) in [6, 6.07) is 11.6. The first-order chi connectivity index (χ1) is 12.5. The Labute approximate surface area is 152 Å².